The molecule has 10 heteroatoms. The first kappa shape index (κ1) is 27.5. The van der Waals surface area contributed by atoms with E-state index in [1.807, 2.05) is 6.08 Å². The maximum absolute atomic E-state index is 14.2. The van der Waals surface area contributed by atoms with Gasteiger partial charge in [-0.25, -0.2) is 0 Å². The molecule has 0 saturated carbocycles. The van der Waals surface area contributed by atoms with Gasteiger partial charge in [0.25, 0.3) is 11.7 Å². The summed E-state index contributed by atoms with van der Waals surface area (Å²) in [5.41, 5.74) is 1.92. The monoisotopic (exact) mass is 585 g/mol. The van der Waals surface area contributed by atoms with Crippen LogP contribution in [0.5, 0.6) is 11.5 Å². The Morgan fingerprint density at radius 2 is 1.79 bits per heavy atom. The Balaban J connectivity index is 1.34. The van der Waals surface area contributed by atoms with Crippen molar-refractivity contribution in [1.82, 2.24) is 4.90 Å². The highest BCUT2D eigenvalue weighted by atomic mass is 35.5. The third-order valence-electron chi connectivity index (χ3n) is 7.76. The molecule has 3 aliphatic rings. The molecule has 1 N–H and O–H groups in total. The van der Waals surface area contributed by atoms with E-state index in [1.165, 1.54) is 9.80 Å². The van der Waals surface area contributed by atoms with Gasteiger partial charge >= 0.3 is 0 Å². The van der Waals surface area contributed by atoms with Crippen LogP contribution in [0.4, 0.5) is 11.4 Å². The Labute approximate surface area is 247 Å². The van der Waals surface area contributed by atoms with Gasteiger partial charge in [0.1, 0.15) is 12.6 Å². The zero-order valence-electron chi connectivity index (χ0n) is 22.6. The van der Waals surface area contributed by atoms with E-state index in [-0.39, 0.29) is 37.3 Å². The van der Waals surface area contributed by atoms with E-state index >= 15 is 0 Å². The van der Waals surface area contributed by atoms with Crippen molar-refractivity contribution in [2.24, 2.45) is 5.92 Å². The van der Waals surface area contributed by atoms with Crippen LogP contribution >= 0.6 is 11.6 Å². The first-order valence-corrected chi connectivity index (χ1v) is 14.1. The number of hydrogen-bond acceptors (Lipinski definition) is 6. The van der Waals surface area contributed by atoms with Gasteiger partial charge in [0, 0.05) is 23.3 Å². The van der Waals surface area contributed by atoms with E-state index in [1.54, 1.807) is 66.7 Å². The molecule has 42 heavy (non-hydrogen) atoms. The molecule has 0 bridgehead atoms. The molecule has 6 rings (SSSR count). The minimum absolute atomic E-state index is 0.104. The van der Waals surface area contributed by atoms with E-state index in [0.717, 1.165) is 12.0 Å². The lowest BCUT2D eigenvalue weighted by molar-refractivity contribution is -0.140. The summed E-state index contributed by atoms with van der Waals surface area (Å²) in [6.07, 6.45) is 6.17. The summed E-state index contributed by atoms with van der Waals surface area (Å²) in [7, 11) is 0. The number of amides is 3. The maximum atomic E-state index is 14.2. The van der Waals surface area contributed by atoms with E-state index < -0.39 is 23.6 Å². The largest absolute Gasteiger partial charge is 0.454 e. The number of nitrogens with zero attached hydrogens (tertiary/aromatic N) is 2. The summed E-state index contributed by atoms with van der Waals surface area (Å²) in [6.45, 7) is -0.174. The molecule has 3 amide bonds. The number of fused-ring (bicyclic) bond motifs is 2. The van der Waals surface area contributed by atoms with Crippen LogP contribution in [0.15, 0.2) is 78.9 Å². The molecule has 214 valence electrons. The van der Waals surface area contributed by atoms with Crippen molar-refractivity contribution in [3.8, 4) is 11.5 Å². The smallest absolute Gasteiger partial charge is 0.299 e. The number of nitrogens with one attached hydrogen (secondary N) is 1. The van der Waals surface area contributed by atoms with Crippen LogP contribution in [0.2, 0.25) is 5.02 Å². The SMILES string of the molecule is O=C1C(=O)N(CC(=O)N(Cc2ccc(Cl)cc2)C(C(=O)Nc2ccc3c(c2)OCO3)C2CC=CCC2)c2ccccc21. The Hall–Kier alpha value is -4.63. The number of Topliss-reactive ketones (excluding diaryl/α,β-unsaturated/α-hetero) is 1. The van der Waals surface area contributed by atoms with Gasteiger partial charge in [0.2, 0.25) is 18.6 Å². The second-order valence-corrected chi connectivity index (χ2v) is 10.9. The van der Waals surface area contributed by atoms with Gasteiger partial charge in [-0.15, -0.1) is 0 Å². The van der Waals surface area contributed by atoms with Crippen molar-refractivity contribution in [2.75, 3.05) is 23.6 Å². The van der Waals surface area contributed by atoms with Gasteiger partial charge in [-0.2, -0.15) is 0 Å². The lowest BCUT2D eigenvalue weighted by Gasteiger charge is -2.37. The van der Waals surface area contributed by atoms with Crippen LogP contribution < -0.4 is 19.7 Å². The van der Waals surface area contributed by atoms with Crippen LogP contribution in [-0.4, -0.2) is 47.8 Å². The first-order valence-electron chi connectivity index (χ1n) is 13.7. The molecule has 0 saturated heterocycles. The topological polar surface area (TPSA) is 105 Å². The van der Waals surface area contributed by atoms with E-state index in [0.29, 0.717) is 40.7 Å². The standard InChI is InChI=1S/C32H28ClN3O6/c33-22-12-10-20(11-13-22)17-36(28(37)18-35-25-9-5-4-8-24(25)30(38)32(35)40)29(21-6-2-1-3-7-21)31(39)34-23-14-15-26-27(16-23)42-19-41-26/h1-2,4-5,8-16,21,29H,3,6-7,17-19H2,(H,34,39). The van der Waals surface area contributed by atoms with Crippen molar-refractivity contribution in [3.63, 3.8) is 0 Å². The molecule has 0 fully saturated rings. The molecule has 0 aromatic heterocycles. The first-order chi connectivity index (χ1) is 20.4. The van der Waals surface area contributed by atoms with Crippen molar-refractivity contribution in [3.05, 3.63) is 95.0 Å². The summed E-state index contributed by atoms with van der Waals surface area (Å²) in [6, 6.07) is 17.9. The highest BCUT2D eigenvalue weighted by molar-refractivity contribution is 6.52. The fourth-order valence-corrected chi connectivity index (χ4v) is 5.79. The summed E-state index contributed by atoms with van der Waals surface area (Å²) < 4.78 is 10.9. The maximum Gasteiger partial charge on any atom is 0.299 e. The number of ether oxygens (including phenoxy) is 2. The van der Waals surface area contributed by atoms with Crippen LogP contribution in [0.25, 0.3) is 0 Å². The highest BCUT2D eigenvalue weighted by Crippen LogP contribution is 2.35. The van der Waals surface area contributed by atoms with E-state index in [4.69, 9.17) is 21.1 Å². The molecule has 2 unspecified atom stereocenters. The molecule has 2 heterocycles. The molecule has 2 aliphatic heterocycles. The van der Waals surface area contributed by atoms with Gasteiger partial charge in [0.05, 0.1) is 11.3 Å². The minimum atomic E-state index is -0.868. The summed E-state index contributed by atoms with van der Waals surface area (Å²) in [5.74, 6) is -1.30. The Bertz CT molecular complexity index is 1590. The number of carbonyl (C=O) groups excluding carboxylic acids is 4. The number of benzene rings is 3. The third-order valence-corrected chi connectivity index (χ3v) is 8.01. The minimum Gasteiger partial charge on any atom is -0.454 e. The van der Waals surface area contributed by atoms with Gasteiger partial charge < -0.3 is 19.7 Å². The number of carbonyl (C=O) groups is 4. The molecule has 1 aliphatic carbocycles. The number of hydrogen-bond donors (Lipinski definition) is 1. The zero-order valence-corrected chi connectivity index (χ0v) is 23.4. The number of para-hydroxylation sites is 1. The van der Waals surface area contributed by atoms with Gasteiger partial charge in [0.15, 0.2) is 11.5 Å². The molecule has 0 radical (unpaired) electrons. The van der Waals surface area contributed by atoms with Crippen molar-refractivity contribution >= 4 is 46.5 Å². The molecule has 3 aromatic carbocycles. The Morgan fingerprint density at radius 1 is 1.00 bits per heavy atom. The van der Waals surface area contributed by atoms with Crippen LogP contribution in [0.1, 0.15) is 35.2 Å². The highest BCUT2D eigenvalue weighted by Gasteiger charge is 2.41. The predicted molar refractivity (Wildman–Crippen MR) is 157 cm³/mol. The fraction of sp³-hybridized carbons (Fsp3) is 0.250. The average Bonchev–Trinajstić information content (AvgIpc) is 3.57. The van der Waals surface area contributed by atoms with Gasteiger partial charge in [-0.05, 0) is 67.1 Å². The molecule has 3 aromatic rings. The molecular formula is C32H28ClN3O6. The zero-order chi connectivity index (χ0) is 29.2. The van der Waals surface area contributed by atoms with Crippen LogP contribution in [-0.2, 0) is 20.9 Å². The number of halogens is 1. The second kappa shape index (κ2) is 11.7. The fourth-order valence-electron chi connectivity index (χ4n) is 5.66. The number of rotatable bonds is 8. The lowest BCUT2D eigenvalue weighted by Crippen LogP contribution is -2.54. The predicted octanol–water partition coefficient (Wildman–Crippen LogP) is 4.99. The van der Waals surface area contributed by atoms with Crippen molar-refractivity contribution in [2.45, 2.75) is 31.8 Å². The Morgan fingerprint density at radius 3 is 2.57 bits per heavy atom. The van der Waals surface area contributed by atoms with Crippen molar-refractivity contribution < 1.29 is 28.7 Å². The second-order valence-electron chi connectivity index (χ2n) is 10.4. The average molecular weight is 586 g/mol. The molecule has 0 spiro atoms. The number of anilines is 2. The third kappa shape index (κ3) is 5.47. The normalized spacial score (nSPS) is 17.6. The molecular weight excluding hydrogens is 558 g/mol. The van der Waals surface area contributed by atoms with Crippen molar-refractivity contribution in [1.29, 1.82) is 0 Å². The molecule has 9 nitrogen and oxygen atoms in total. The molecule has 2 atom stereocenters. The lowest BCUT2D eigenvalue weighted by atomic mass is 9.85. The van der Waals surface area contributed by atoms with E-state index in [9.17, 15) is 19.2 Å². The summed E-state index contributed by atoms with van der Waals surface area (Å²) >= 11 is 6.12. The number of allylic oxidation sites excluding steroid dienone is 2. The summed E-state index contributed by atoms with van der Waals surface area (Å²) in [4.78, 5) is 56.6. The van der Waals surface area contributed by atoms with Gasteiger partial charge in [-0.3, -0.25) is 24.1 Å². The summed E-state index contributed by atoms with van der Waals surface area (Å²) in [5, 5.41) is 3.52. The van der Waals surface area contributed by atoms with Crippen LogP contribution in [0.3, 0.4) is 0 Å². The van der Waals surface area contributed by atoms with Crippen LogP contribution in [0, 0.1) is 5.92 Å². The van der Waals surface area contributed by atoms with E-state index in [2.05, 4.69) is 11.4 Å². The van der Waals surface area contributed by atoms with Gasteiger partial charge in [-0.1, -0.05) is 48.0 Å². The number of ketones is 1. The Kier molecular flexibility index (Phi) is 7.67. The quantitative estimate of drug-likeness (QED) is 0.295.